The molecule has 0 bridgehead atoms. The molecule has 0 aromatic carbocycles. The van der Waals surface area contributed by atoms with Gasteiger partial charge in [-0.25, -0.2) is 4.98 Å². The van der Waals surface area contributed by atoms with Crippen LogP contribution < -0.4 is 5.32 Å². The number of thiazole rings is 1. The molecule has 2 rings (SSSR count). The molecule has 1 N–H and O–H groups in total. The second kappa shape index (κ2) is 6.33. The summed E-state index contributed by atoms with van der Waals surface area (Å²) in [6.07, 6.45) is 2.49. The number of nitrogens with zero attached hydrogens (tertiary/aromatic N) is 1. The molecule has 1 fully saturated rings. The molecule has 0 radical (unpaired) electrons. The molecule has 0 aliphatic carbocycles. The molecule has 3 nitrogen and oxygen atoms in total. The van der Waals surface area contributed by atoms with Crippen molar-refractivity contribution in [1.82, 2.24) is 10.3 Å². The van der Waals surface area contributed by atoms with Crippen molar-refractivity contribution in [1.29, 1.82) is 0 Å². The van der Waals surface area contributed by atoms with Gasteiger partial charge in [0.15, 0.2) is 0 Å². The van der Waals surface area contributed by atoms with Crippen LogP contribution in [0.5, 0.6) is 0 Å². The number of rotatable bonds is 6. The lowest BCUT2D eigenvalue weighted by molar-refractivity contribution is 0.0626. The molecule has 4 heteroatoms. The summed E-state index contributed by atoms with van der Waals surface area (Å²) in [4.78, 5) is 4.63. The van der Waals surface area contributed by atoms with Crippen LogP contribution in [0.4, 0.5) is 0 Å². The molecular formula is C15H26N2OS. The second-order valence-corrected chi connectivity index (χ2v) is 7.15. The molecular weight excluding hydrogens is 256 g/mol. The predicted molar refractivity (Wildman–Crippen MR) is 80.7 cm³/mol. The fourth-order valence-electron chi connectivity index (χ4n) is 2.74. The fourth-order valence-corrected chi connectivity index (χ4v) is 3.67. The van der Waals surface area contributed by atoms with E-state index in [2.05, 4.69) is 43.4 Å². The first kappa shape index (κ1) is 14.9. The van der Waals surface area contributed by atoms with E-state index in [0.717, 1.165) is 38.2 Å². The standard InChI is InChI=1S/C15H26N2OS/c1-11(2)8-16-10-15(5-6-18-13(15)4)7-14-17-12(3)9-19-14/h9,11,13,16H,5-8,10H2,1-4H3. The monoisotopic (exact) mass is 282 g/mol. The Bertz CT molecular complexity index is 405. The van der Waals surface area contributed by atoms with Crippen LogP contribution in [-0.2, 0) is 11.2 Å². The summed E-state index contributed by atoms with van der Waals surface area (Å²) in [5.41, 5.74) is 1.36. The van der Waals surface area contributed by atoms with E-state index >= 15 is 0 Å². The van der Waals surface area contributed by atoms with Crippen molar-refractivity contribution in [2.75, 3.05) is 19.7 Å². The van der Waals surface area contributed by atoms with Gasteiger partial charge in [-0.1, -0.05) is 13.8 Å². The first-order chi connectivity index (χ1) is 9.02. The largest absolute Gasteiger partial charge is 0.378 e. The van der Waals surface area contributed by atoms with Crippen LogP contribution in [0, 0.1) is 18.3 Å². The highest BCUT2D eigenvalue weighted by Gasteiger charge is 2.41. The van der Waals surface area contributed by atoms with Gasteiger partial charge in [0.05, 0.1) is 11.1 Å². The Morgan fingerprint density at radius 3 is 2.89 bits per heavy atom. The van der Waals surface area contributed by atoms with Crippen LogP contribution >= 0.6 is 11.3 Å². The van der Waals surface area contributed by atoms with Gasteiger partial charge in [0, 0.05) is 36.1 Å². The van der Waals surface area contributed by atoms with Gasteiger partial charge in [0.1, 0.15) is 0 Å². The maximum absolute atomic E-state index is 5.84. The van der Waals surface area contributed by atoms with Gasteiger partial charge in [0.2, 0.25) is 0 Å². The molecule has 1 aromatic heterocycles. The maximum atomic E-state index is 5.84. The van der Waals surface area contributed by atoms with Crippen molar-refractivity contribution in [2.24, 2.45) is 11.3 Å². The summed E-state index contributed by atoms with van der Waals surface area (Å²) in [6, 6.07) is 0. The number of nitrogens with one attached hydrogen (secondary N) is 1. The number of hydrogen-bond acceptors (Lipinski definition) is 4. The smallest absolute Gasteiger partial charge is 0.0935 e. The van der Waals surface area contributed by atoms with E-state index in [1.165, 1.54) is 5.01 Å². The fraction of sp³-hybridized carbons (Fsp3) is 0.800. The zero-order chi connectivity index (χ0) is 13.9. The maximum Gasteiger partial charge on any atom is 0.0935 e. The quantitative estimate of drug-likeness (QED) is 0.871. The average molecular weight is 282 g/mol. The van der Waals surface area contributed by atoms with E-state index in [1.807, 2.05) is 0 Å². The van der Waals surface area contributed by atoms with Gasteiger partial charge in [-0.3, -0.25) is 0 Å². The Kier molecular flexibility index (Phi) is 4.98. The van der Waals surface area contributed by atoms with Gasteiger partial charge < -0.3 is 10.1 Å². The van der Waals surface area contributed by atoms with Crippen LogP contribution in [0.1, 0.15) is 37.9 Å². The average Bonchev–Trinajstić information content (AvgIpc) is 2.87. The molecule has 2 atom stereocenters. The van der Waals surface area contributed by atoms with Crippen molar-refractivity contribution in [3.63, 3.8) is 0 Å². The number of aryl methyl sites for hydroxylation is 1. The van der Waals surface area contributed by atoms with Gasteiger partial charge in [-0.05, 0) is 32.7 Å². The summed E-state index contributed by atoms with van der Waals surface area (Å²) in [5, 5.41) is 7.02. The molecule has 1 aliphatic rings. The highest BCUT2D eigenvalue weighted by atomic mass is 32.1. The second-order valence-electron chi connectivity index (χ2n) is 6.21. The Morgan fingerprint density at radius 1 is 1.58 bits per heavy atom. The van der Waals surface area contributed by atoms with Gasteiger partial charge in [-0.2, -0.15) is 0 Å². The predicted octanol–water partition coefficient (Wildman–Crippen LogP) is 3.03. The first-order valence-electron chi connectivity index (χ1n) is 7.25. The zero-order valence-electron chi connectivity index (χ0n) is 12.5. The highest BCUT2D eigenvalue weighted by Crippen LogP contribution is 2.38. The number of aromatic nitrogens is 1. The Balaban J connectivity index is 2.02. The van der Waals surface area contributed by atoms with E-state index in [9.17, 15) is 0 Å². The molecule has 2 unspecified atom stereocenters. The number of ether oxygens (including phenoxy) is 1. The molecule has 0 amide bonds. The van der Waals surface area contributed by atoms with Crippen molar-refractivity contribution >= 4 is 11.3 Å². The summed E-state index contributed by atoms with van der Waals surface area (Å²) in [7, 11) is 0. The van der Waals surface area contributed by atoms with E-state index in [4.69, 9.17) is 4.74 Å². The van der Waals surface area contributed by atoms with E-state index in [-0.39, 0.29) is 5.41 Å². The lowest BCUT2D eigenvalue weighted by Gasteiger charge is -2.32. The molecule has 108 valence electrons. The van der Waals surface area contributed by atoms with Crippen molar-refractivity contribution in [2.45, 2.75) is 46.6 Å². The van der Waals surface area contributed by atoms with E-state index in [1.54, 1.807) is 11.3 Å². The van der Waals surface area contributed by atoms with Gasteiger partial charge >= 0.3 is 0 Å². The van der Waals surface area contributed by atoms with Crippen LogP contribution in [0.25, 0.3) is 0 Å². The molecule has 1 aromatic rings. The zero-order valence-corrected chi connectivity index (χ0v) is 13.3. The number of hydrogen-bond donors (Lipinski definition) is 1. The van der Waals surface area contributed by atoms with Crippen molar-refractivity contribution in [3.8, 4) is 0 Å². The van der Waals surface area contributed by atoms with Crippen molar-refractivity contribution in [3.05, 3.63) is 16.1 Å². The Hall–Kier alpha value is -0.450. The normalized spacial score (nSPS) is 27.3. The minimum atomic E-state index is 0.221. The lowest BCUT2D eigenvalue weighted by Crippen LogP contribution is -2.42. The molecule has 1 saturated heterocycles. The summed E-state index contributed by atoms with van der Waals surface area (Å²) >= 11 is 1.78. The lowest BCUT2D eigenvalue weighted by atomic mass is 9.78. The van der Waals surface area contributed by atoms with Gasteiger partial charge in [-0.15, -0.1) is 11.3 Å². The third-order valence-corrected chi connectivity index (χ3v) is 5.00. The Labute approximate surface area is 120 Å². The van der Waals surface area contributed by atoms with Crippen molar-refractivity contribution < 1.29 is 4.74 Å². The minimum Gasteiger partial charge on any atom is -0.378 e. The molecule has 0 saturated carbocycles. The van der Waals surface area contributed by atoms with E-state index in [0.29, 0.717) is 12.0 Å². The minimum absolute atomic E-state index is 0.221. The molecule has 19 heavy (non-hydrogen) atoms. The van der Waals surface area contributed by atoms with E-state index < -0.39 is 0 Å². The summed E-state index contributed by atoms with van der Waals surface area (Å²) in [5.74, 6) is 0.691. The SMILES string of the molecule is Cc1csc(CC2(CNCC(C)C)CCOC2C)n1. The third-order valence-electron chi connectivity index (χ3n) is 4.03. The Morgan fingerprint density at radius 2 is 2.37 bits per heavy atom. The molecule has 0 spiro atoms. The van der Waals surface area contributed by atoms with Crippen LogP contribution in [-0.4, -0.2) is 30.8 Å². The third kappa shape index (κ3) is 3.77. The van der Waals surface area contributed by atoms with Gasteiger partial charge in [0.25, 0.3) is 0 Å². The van der Waals surface area contributed by atoms with Crippen LogP contribution in [0.15, 0.2) is 5.38 Å². The highest BCUT2D eigenvalue weighted by molar-refractivity contribution is 7.09. The topological polar surface area (TPSA) is 34.1 Å². The summed E-state index contributed by atoms with van der Waals surface area (Å²) in [6.45, 7) is 11.8. The van der Waals surface area contributed by atoms with Crippen LogP contribution in [0.2, 0.25) is 0 Å². The summed E-state index contributed by atoms with van der Waals surface area (Å²) < 4.78 is 5.84. The first-order valence-corrected chi connectivity index (χ1v) is 8.13. The van der Waals surface area contributed by atoms with Crippen LogP contribution in [0.3, 0.4) is 0 Å². The molecule has 1 aliphatic heterocycles. The molecule has 2 heterocycles.